The fourth-order valence-corrected chi connectivity index (χ4v) is 4.18. The third-order valence-corrected chi connectivity index (χ3v) is 6.04. The number of fused-ring (bicyclic) bond motifs is 1. The number of hydrazone groups is 1. The zero-order chi connectivity index (χ0) is 25.8. The van der Waals surface area contributed by atoms with Crippen LogP contribution in [0.2, 0.25) is 0 Å². The van der Waals surface area contributed by atoms with E-state index in [9.17, 15) is 4.79 Å². The largest absolute Gasteiger partial charge is 0.493 e. The highest BCUT2D eigenvalue weighted by Crippen LogP contribution is 2.27. The molecule has 0 unspecified atom stereocenters. The van der Waals surface area contributed by atoms with Crippen LogP contribution in [-0.4, -0.2) is 63.1 Å². The van der Waals surface area contributed by atoms with Gasteiger partial charge in [-0.05, 0) is 51.6 Å². The van der Waals surface area contributed by atoms with Crippen molar-refractivity contribution in [1.29, 1.82) is 0 Å². The number of anilines is 1. The van der Waals surface area contributed by atoms with Crippen LogP contribution in [0.5, 0.6) is 11.5 Å². The first-order chi connectivity index (χ1) is 18.1. The summed E-state index contributed by atoms with van der Waals surface area (Å²) in [5.74, 6) is 0.795. The topological polar surface area (TPSA) is 159 Å². The average molecular weight is 504 g/mol. The van der Waals surface area contributed by atoms with Gasteiger partial charge in [0.25, 0.3) is 5.91 Å². The Morgan fingerprint density at radius 2 is 1.97 bits per heavy atom. The number of benzene rings is 2. The average Bonchev–Trinajstić information content (AvgIpc) is 3.53. The number of nitrogen functional groups attached to an aromatic ring is 1. The lowest BCUT2D eigenvalue weighted by Crippen LogP contribution is -2.32. The number of carbonyl (C=O) groups is 1. The molecule has 1 amide bonds. The molecule has 13 nitrogen and oxygen atoms in total. The monoisotopic (exact) mass is 503 g/mol. The summed E-state index contributed by atoms with van der Waals surface area (Å²) in [6.07, 6.45) is 2.38. The molecule has 3 N–H and O–H groups in total. The number of carbonyl (C=O) groups excluding carboxylic acids is 1. The van der Waals surface area contributed by atoms with Gasteiger partial charge in [0, 0.05) is 19.6 Å². The maximum Gasteiger partial charge on any atom is 0.293 e. The molecule has 13 heteroatoms. The molecule has 0 saturated carbocycles. The normalized spacial score (nSPS) is 13.5. The van der Waals surface area contributed by atoms with Gasteiger partial charge in [0.05, 0.1) is 26.1 Å². The van der Waals surface area contributed by atoms with Gasteiger partial charge in [-0.2, -0.15) is 9.78 Å². The number of hydrogen-bond acceptors (Lipinski definition) is 11. The lowest BCUT2D eigenvalue weighted by Gasteiger charge is -2.28. The number of ether oxygens (including phenoxy) is 2. The predicted octanol–water partition coefficient (Wildman–Crippen LogP) is 1.57. The van der Waals surface area contributed by atoms with Crippen molar-refractivity contribution in [2.24, 2.45) is 5.10 Å². The first-order valence-electron chi connectivity index (χ1n) is 11.4. The van der Waals surface area contributed by atoms with E-state index in [1.807, 2.05) is 12.1 Å². The van der Waals surface area contributed by atoms with Gasteiger partial charge in [-0.1, -0.05) is 29.5 Å². The maximum atomic E-state index is 13.1. The van der Waals surface area contributed by atoms with Gasteiger partial charge < -0.3 is 15.2 Å². The Bertz CT molecular complexity index is 1450. The minimum atomic E-state index is -0.537. The number of amides is 1. The van der Waals surface area contributed by atoms with Crippen molar-refractivity contribution < 1.29 is 18.9 Å². The fourth-order valence-electron chi connectivity index (χ4n) is 4.18. The Morgan fingerprint density at radius 1 is 1.16 bits per heavy atom. The molecule has 0 radical (unpaired) electrons. The minimum Gasteiger partial charge on any atom is -0.493 e. The molecule has 2 aromatic carbocycles. The second-order valence-corrected chi connectivity index (χ2v) is 8.31. The number of hydrogen-bond donors (Lipinski definition) is 2. The predicted molar refractivity (Wildman–Crippen MR) is 132 cm³/mol. The van der Waals surface area contributed by atoms with E-state index < -0.39 is 5.91 Å². The molecular formula is C24H25N9O4. The van der Waals surface area contributed by atoms with Gasteiger partial charge >= 0.3 is 0 Å². The third kappa shape index (κ3) is 4.97. The molecule has 5 rings (SSSR count). The highest BCUT2D eigenvalue weighted by Gasteiger charge is 2.27. The van der Waals surface area contributed by atoms with Crippen molar-refractivity contribution in [2.45, 2.75) is 19.5 Å². The zero-order valence-electron chi connectivity index (χ0n) is 20.3. The molecule has 37 heavy (non-hydrogen) atoms. The number of nitrogens with two attached hydrogens (primary N) is 1. The Labute approximate surface area is 211 Å². The van der Waals surface area contributed by atoms with E-state index in [4.69, 9.17) is 19.8 Å². The molecule has 1 aliphatic heterocycles. The van der Waals surface area contributed by atoms with Gasteiger partial charge in [-0.3, -0.25) is 9.69 Å². The Hall–Kier alpha value is -4.78. The van der Waals surface area contributed by atoms with E-state index >= 15 is 0 Å². The van der Waals surface area contributed by atoms with E-state index in [1.165, 1.54) is 22.0 Å². The summed E-state index contributed by atoms with van der Waals surface area (Å²) in [6, 6.07) is 13.6. The molecule has 0 saturated heterocycles. The summed E-state index contributed by atoms with van der Waals surface area (Å²) in [4.78, 5) is 15.3. The standard InChI is InChI=1S/C24H25N9O4/c1-35-19-8-7-15(11-20(19)36-2)12-26-28-24(34)21-18(33(31-27-21)23-22(25)29-37-30-23)14-32-10-9-16-5-3-4-6-17(16)13-32/h3-8,11-12H,9-10,13-14H2,1-2H3,(H2,25,29)(H,28,34)/b26-12-. The highest BCUT2D eigenvalue weighted by atomic mass is 16.6. The number of nitrogens with zero attached hydrogens (tertiary/aromatic N) is 7. The quantitative estimate of drug-likeness (QED) is 0.267. The summed E-state index contributed by atoms with van der Waals surface area (Å²) < 4.78 is 16.7. The maximum absolute atomic E-state index is 13.1. The second kappa shape index (κ2) is 10.5. The van der Waals surface area contributed by atoms with Crippen LogP contribution >= 0.6 is 0 Å². The van der Waals surface area contributed by atoms with E-state index in [1.54, 1.807) is 32.4 Å². The first-order valence-corrected chi connectivity index (χ1v) is 11.4. The minimum absolute atomic E-state index is 0.0357. The van der Waals surface area contributed by atoms with E-state index in [0.29, 0.717) is 35.8 Å². The fraction of sp³-hybridized carbons (Fsp3) is 0.250. The Kier molecular flexibility index (Phi) is 6.76. The summed E-state index contributed by atoms with van der Waals surface area (Å²) >= 11 is 0. The van der Waals surface area contributed by atoms with Crippen LogP contribution in [0.15, 0.2) is 52.2 Å². The molecule has 0 spiro atoms. The van der Waals surface area contributed by atoms with Gasteiger partial charge in [0.1, 0.15) is 0 Å². The number of methoxy groups -OCH3 is 2. The third-order valence-electron chi connectivity index (χ3n) is 6.04. The summed E-state index contributed by atoms with van der Waals surface area (Å²) in [6.45, 7) is 1.88. The summed E-state index contributed by atoms with van der Waals surface area (Å²) in [7, 11) is 3.10. The van der Waals surface area contributed by atoms with Crippen LogP contribution in [0.1, 0.15) is 32.9 Å². The van der Waals surface area contributed by atoms with Gasteiger partial charge in [-0.15, -0.1) is 5.10 Å². The van der Waals surface area contributed by atoms with Crippen LogP contribution in [0, 0.1) is 0 Å². The molecule has 0 atom stereocenters. The van der Waals surface area contributed by atoms with Crippen LogP contribution in [0.4, 0.5) is 5.82 Å². The first kappa shape index (κ1) is 23.9. The van der Waals surface area contributed by atoms with Crippen LogP contribution in [0.3, 0.4) is 0 Å². The van der Waals surface area contributed by atoms with Crippen molar-refractivity contribution in [3.63, 3.8) is 0 Å². The molecular weight excluding hydrogens is 478 g/mol. The molecule has 190 valence electrons. The number of nitrogens with one attached hydrogen (secondary N) is 1. The summed E-state index contributed by atoms with van der Waals surface area (Å²) in [5.41, 5.74) is 12.2. The Balaban J connectivity index is 1.38. The number of rotatable bonds is 8. The van der Waals surface area contributed by atoms with Gasteiger partial charge in [0.2, 0.25) is 11.6 Å². The van der Waals surface area contributed by atoms with E-state index in [2.05, 4.69) is 48.2 Å². The lowest BCUT2D eigenvalue weighted by atomic mass is 10.00. The highest BCUT2D eigenvalue weighted by molar-refractivity contribution is 5.94. The van der Waals surface area contributed by atoms with Crippen molar-refractivity contribution in [3.8, 4) is 17.3 Å². The van der Waals surface area contributed by atoms with Crippen molar-refractivity contribution in [1.82, 2.24) is 35.6 Å². The Morgan fingerprint density at radius 3 is 2.73 bits per heavy atom. The molecule has 0 fully saturated rings. The molecule has 1 aliphatic rings. The molecule has 0 aliphatic carbocycles. The lowest BCUT2D eigenvalue weighted by molar-refractivity contribution is 0.0947. The van der Waals surface area contributed by atoms with Crippen LogP contribution in [-0.2, 0) is 19.5 Å². The van der Waals surface area contributed by atoms with Crippen molar-refractivity contribution in [3.05, 3.63) is 70.5 Å². The van der Waals surface area contributed by atoms with Gasteiger partial charge in [0.15, 0.2) is 17.2 Å². The van der Waals surface area contributed by atoms with Crippen molar-refractivity contribution >= 4 is 17.9 Å². The van der Waals surface area contributed by atoms with E-state index in [0.717, 1.165) is 13.0 Å². The van der Waals surface area contributed by atoms with Gasteiger partial charge in [-0.25, -0.2) is 10.1 Å². The van der Waals surface area contributed by atoms with Crippen LogP contribution < -0.4 is 20.6 Å². The second-order valence-electron chi connectivity index (χ2n) is 8.31. The van der Waals surface area contributed by atoms with Crippen molar-refractivity contribution in [2.75, 3.05) is 26.5 Å². The van der Waals surface area contributed by atoms with E-state index in [-0.39, 0.29) is 17.3 Å². The smallest absolute Gasteiger partial charge is 0.293 e. The SMILES string of the molecule is COc1ccc(/C=N\NC(=O)c2nnn(-c3nonc3N)c2CN2CCc3ccccc3C2)cc1OC. The number of aromatic nitrogens is 5. The molecule has 0 bridgehead atoms. The molecule has 4 aromatic rings. The van der Waals surface area contributed by atoms with Crippen LogP contribution in [0.25, 0.3) is 5.82 Å². The molecule has 2 aromatic heterocycles. The summed E-state index contributed by atoms with van der Waals surface area (Å²) in [5, 5.41) is 19.7. The zero-order valence-corrected chi connectivity index (χ0v) is 20.3. The molecule has 3 heterocycles.